The van der Waals surface area contributed by atoms with Gasteiger partial charge in [-0.3, -0.25) is 0 Å². The van der Waals surface area contributed by atoms with Crippen molar-refractivity contribution < 1.29 is 5.11 Å². The molecule has 1 aromatic rings. The third-order valence-corrected chi connectivity index (χ3v) is 2.80. The van der Waals surface area contributed by atoms with Gasteiger partial charge in [-0.1, -0.05) is 0 Å². The van der Waals surface area contributed by atoms with Gasteiger partial charge in [0.15, 0.2) is 0 Å². The Balaban J connectivity index is 2.11. The van der Waals surface area contributed by atoms with Crippen molar-refractivity contribution in [2.45, 2.75) is 25.0 Å². The van der Waals surface area contributed by atoms with Crippen molar-refractivity contribution in [1.29, 1.82) is 0 Å². The number of nitrogens with zero attached hydrogens (tertiary/aromatic N) is 1. The van der Waals surface area contributed by atoms with Crippen LogP contribution >= 0.6 is 0 Å². The van der Waals surface area contributed by atoms with E-state index in [0.717, 1.165) is 18.5 Å². The van der Waals surface area contributed by atoms with Crippen molar-refractivity contribution in [3.63, 3.8) is 0 Å². The Morgan fingerprint density at radius 2 is 2.31 bits per heavy atom. The molecule has 0 amide bonds. The summed E-state index contributed by atoms with van der Waals surface area (Å²) < 4.78 is 1.97. The van der Waals surface area contributed by atoms with Crippen molar-refractivity contribution >= 4 is 0 Å². The second-order valence-corrected chi connectivity index (χ2v) is 3.90. The molecular weight excluding hydrogens is 164 g/mol. The van der Waals surface area contributed by atoms with Crippen LogP contribution in [0.1, 0.15) is 24.6 Å². The van der Waals surface area contributed by atoms with Gasteiger partial charge in [-0.2, -0.15) is 0 Å². The number of aryl methyl sites for hydroxylation is 1. The summed E-state index contributed by atoms with van der Waals surface area (Å²) in [5, 5.41) is 9.82. The fourth-order valence-electron chi connectivity index (χ4n) is 1.73. The fourth-order valence-corrected chi connectivity index (χ4v) is 1.73. The van der Waals surface area contributed by atoms with Gasteiger partial charge >= 0.3 is 0 Å². The van der Waals surface area contributed by atoms with Gasteiger partial charge in [0.25, 0.3) is 0 Å². The predicted octanol–water partition coefficient (Wildman–Crippen LogP) is 0.796. The summed E-state index contributed by atoms with van der Waals surface area (Å²) in [4.78, 5) is 0. The van der Waals surface area contributed by atoms with Gasteiger partial charge in [0, 0.05) is 18.9 Å². The number of aliphatic hydroxyl groups excluding tert-OH is 1. The molecule has 1 aliphatic rings. The van der Waals surface area contributed by atoms with Gasteiger partial charge < -0.3 is 15.4 Å². The molecule has 1 aliphatic carbocycles. The highest BCUT2D eigenvalue weighted by Crippen LogP contribution is 2.37. The molecule has 0 saturated heterocycles. The van der Waals surface area contributed by atoms with E-state index < -0.39 is 0 Å². The molecule has 0 radical (unpaired) electrons. The maximum absolute atomic E-state index is 9.82. The van der Waals surface area contributed by atoms with Crippen LogP contribution in [0.5, 0.6) is 0 Å². The van der Waals surface area contributed by atoms with Crippen LogP contribution in [0, 0.1) is 5.92 Å². The summed E-state index contributed by atoms with van der Waals surface area (Å²) in [5.41, 5.74) is 6.97. The number of nitrogens with two attached hydrogens (primary N) is 1. The molecule has 0 aromatic carbocycles. The van der Waals surface area contributed by atoms with Gasteiger partial charge in [-0.25, -0.2) is 0 Å². The third kappa shape index (κ3) is 1.62. The van der Waals surface area contributed by atoms with E-state index in [0.29, 0.717) is 5.92 Å². The monoisotopic (exact) mass is 180 g/mol. The van der Waals surface area contributed by atoms with Crippen LogP contribution in [-0.4, -0.2) is 15.8 Å². The minimum Gasteiger partial charge on any atom is -0.391 e. The summed E-state index contributed by atoms with van der Waals surface area (Å²) in [6.45, 7) is 0. The number of aliphatic hydroxyl groups is 1. The summed E-state index contributed by atoms with van der Waals surface area (Å²) >= 11 is 0. The van der Waals surface area contributed by atoms with E-state index in [9.17, 15) is 5.11 Å². The topological polar surface area (TPSA) is 51.2 Å². The van der Waals surface area contributed by atoms with E-state index in [1.54, 1.807) is 0 Å². The molecule has 2 rings (SSSR count). The van der Waals surface area contributed by atoms with Crippen LogP contribution in [0.3, 0.4) is 0 Å². The quantitative estimate of drug-likeness (QED) is 0.722. The van der Waals surface area contributed by atoms with Crippen LogP contribution in [0.4, 0.5) is 0 Å². The lowest BCUT2D eigenvalue weighted by Crippen LogP contribution is -2.29. The van der Waals surface area contributed by atoms with Crippen molar-refractivity contribution in [1.82, 2.24) is 4.57 Å². The average Bonchev–Trinajstić information content (AvgIpc) is 2.87. The molecule has 1 saturated carbocycles. The van der Waals surface area contributed by atoms with Gasteiger partial charge in [0.05, 0.1) is 12.1 Å². The SMILES string of the molecule is Cn1cccc1C(N)C(O)C1CC1. The third-order valence-electron chi connectivity index (χ3n) is 2.80. The normalized spacial score (nSPS) is 21.5. The average molecular weight is 180 g/mol. The molecule has 3 N–H and O–H groups in total. The highest BCUT2D eigenvalue weighted by Gasteiger charge is 2.34. The smallest absolute Gasteiger partial charge is 0.0775 e. The van der Waals surface area contributed by atoms with E-state index in [-0.39, 0.29) is 12.1 Å². The molecule has 13 heavy (non-hydrogen) atoms. The lowest BCUT2D eigenvalue weighted by atomic mass is 10.0. The molecular formula is C10H16N2O. The molecule has 3 heteroatoms. The zero-order valence-corrected chi connectivity index (χ0v) is 7.85. The highest BCUT2D eigenvalue weighted by atomic mass is 16.3. The maximum Gasteiger partial charge on any atom is 0.0775 e. The molecule has 72 valence electrons. The van der Waals surface area contributed by atoms with Crippen LogP contribution < -0.4 is 5.73 Å². The number of rotatable bonds is 3. The number of hydrogen-bond donors (Lipinski definition) is 2. The van der Waals surface area contributed by atoms with E-state index >= 15 is 0 Å². The van der Waals surface area contributed by atoms with Crippen molar-refractivity contribution in [2.24, 2.45) is 18.7 Å². The van der Waals surface area contributed by atoms with Crippen molar-refractivity contribution in [3.05, 3.63) is 24.0 Å². The Hall–Kier alpha value is -0.800. The summed E-state index contributed by atoms with van der Waals surface area (Å²) in [6, 6.07) is 3.69. The molecule has 0 bridgehead atoms. The Kier molecular flexibility index (Phi) is 2.14. The largest absolute Gasteiger partial charge is 0.391 e. The zero-order valence-electron chi connectivity index (χ0n) is 7.85. The van der Waals surface area contributed by atoms with E-state index in [2.05, 4.69) is 0 Å². The first-order valence-corrected chi connectivity index (χ1v) is 4.75. The van der Waals surface area contributed by atoms with E-state index in [1.807, 2.05) is 29.9 Å². The molecule has 2 unspecified atom stereocenters. The van der Waals surface area contributed by atoms with E-state index in [1.165, 1.54) is 0 Å². The maximum atomic E-state index is 9.82. The van der Waals surface area contributed by atoms with Crippen LogP contribution in [0.25, 0.3) is 0 Å². The Labute approximate surface area is 78.2 Å². The first-order valence-electron chi connectivity index (χ1n) is 4.75. The zero-order chi connectivity index (χ0) is 9.42. The van der Waals surface area contributed by atoms with Gasteiger partial charge in [0.2, 0.25) is 0 Å². The minimum absolute atomic E-state index is 0.229. The summed E-state index contributed by atoms with van der Waals surface area (Å²) in [6.07, 6.45) is 3.83. The molecule has 1 heterocycles. The van der Waals surface area contributed by atoms with Gasteiger partial charge in [0.1, 0.15) is 0 Å². The lowest BCUT2D eigenvalue weighted by Gasteiger charge is -2.19. The predicted molar refractivity (Wildman–Crippen MR) is 51.1 cm³/mol. The second-order valence-electron chi connectivity index (χ2n) is 3.90. The van der Waals surface area contributed by atoms with Crippen molar-refractivity contribution in [3.8, 4) is 0 Å². The summed E-state index contributed by atoms with van der Waals surface area (Å²) in [7, 11) is 1.95. The number of aromatic nitrogens is 1. The van der Waals surface area contributed by atoms with Crippen LogP contribution in [-0.2, 0) is 7.05 Å². The van der Waals surface area contributed by atoms with Gasteiger partial charge in [-0.15, -0.1) is 0 Å². The Morgan fingerprint density at radius 3 is 2.77 bits per heavy atom. The minimum atomic E-state index is -0.367. The van der Waals surface area contributed by atoms with Crippen LogP contribution in [0.15, 0.2) is 18.3 Å². The van der Waals surface area contributed by atoms with Crippen LogP contribution in [0.2, 0.25) is 0 Å². The summed E-state index contributed by atoms with van der Waals surface area (Å²) in [5.74, 6) is 0.435. The fraction of sp³-hybridized carbons (Fsp3) is 0.600. The lowest BCUT2D eigenvalue weighted by molar-refractivity contribution is 0.119. The molecule has 3 nitrogen and oxygen atoms in total. The van der Waals surface area contributed by atoms with Crippen molar-refractivity contribution in [2.75, 3.05) is 0 Å². The molecule has 0 aliphatic heterocycles. The Morgan fingerprint density at radius 1 is 1.62 bits per heavy atom. The molecule has 1 fully saturated rings. The first-order chi connectivity index (χ1) is 6.20. The molecule has 2 atom stereocenters. The Bertz CT molecular complexity index is 291. The second kappa shape index (κ2) is 3.16. The standard InChI is InChI=1S/C10H16N2O/c1-12-6-2-3-8(12)9(11)10(13)7-4-5-7/h2-3,6-7,9-10,13H,4-5,11H2,1H3. The number of hydrogen-bond acceptors (Lipinski definition) is 2. The highest BCUT2D eigenvalue weighted by molar-refractivity contribution is 5.13. The first kappa shape index (κ1) is 8.78. The van der Waals surface area contributed by atoms with Gasteiger partial charge in [-0.05, 0) is 30.9 Å². The molecule has 1 aromatic heterocycles. The van der Waals surface area contributed by atoms with E-state index in [4.69, 9.17) is 5.73 Å². The molecule has 0 spiro atoms.